The molecule has 1 aromatic carbocycles. The highest BCUT2D eigenvalue weighted by Crippen LogP contribution is 2.31. The summed E-state index contributed by atoms with van der Waals surface area (Å²) in [6, 6.07) is 5.28. The van der Waals surface area contributed by atoms with Crippen molar-refractivity contribution >= 4 is 17.2 Å². The molecule has 1 aliphatic rings. The Balaban J connectivity index is 1.79. The second-order valence-electron chi connectivity index (χ2n) is 7.73. The molecule has 4 rings (SSSR count). The molecule has 0 spiro atoms. The summed E-state index contributed by atoms with van der Waals surface area (Å²) < 4.78 is 12.4. The first-order valence-electron chi connectivity index (χ1n) is 10.6. The fourth-order valence-electron chi connectivity index (χ4n) is 3.69. The highest BCUT2D eigenvalue weighted by Gasteiger charge is 2.26. The fourth-order valence-corrected chi connectivity index (χ4v) is 3.69. The molecule has 0 bridgehead atoms. The van der Waals surface area contributed by atoms with E-state index in [-0.39, 0.29) is 12.4 Å². The van der Waals surface area contributed by atoms with Crippen LogP contribution in [0, 0.1) is 6.92 Å². The number of methoxy groups -OCH3 is 2. The van der Waals surface area contributed by atoms with Gasteiger partial charge >= 0.3 is 0 Å². The highest BCUT2D eigenvalue weighted by molar-refractivity contribution is 6.07. The third-order valence-electron chi connectivity index (χ3n) is 5.58. The molecule has 0 aliphatic carbocycles. The Hall–Kier alpha value is -3.96. The van der Waals surface area contributed by atoms with Crippen LogP contribution in [-0.2, 0) is 6.54 Å². The smallest absolute Gasteiger partial charge is 0.170 e. The molecule has 1 atom stereocenters. The second kappa shape index (κ2) is 9.49. The number of ether oxygens (including phenoxy) is 2. The second-order valence-corrected chi connectivity index (χ2v) is 7.73. The lowest BCUT2D eigenvalue weighted by molar-refractivity contribution is 0.116. The number of benzene rings is 1. The molecule has 11 nitrogen and oxygen atoms in total. The van der Waals surface area contributed by atoms with Gasteiger partial charge in [0.05, 0.1) is 51.2 Å². The Morgan fingerprint density at radius 2 is 1.82 bits per heavy atom. The Morgan fingerprint density at radius 3 is 2.47 bits per heavy atom. The third-order valence-corrected chi connectivity index (χ3v) is 5.58. The van der Waals surface area contributed by atoms with Crippen molar-refractivity contribution in [2.24, 2.45) is 4.99 Å². The number of anilines is 1. The lowest BCUT2D eigenvalue weighted by Crippen LogP contribution is -2.38. The van der Waals surface area contributed by atoms with Crippen LogP contribution in [0.25, 0.3) is 17.0 Å². The maximum atomic E-state index is 10.8. The summed E-state index contributed by atoms with van der Waals surface area (Å²) in [7, 11) is 4.84. The zero-order chi connectivity index (χ0) is 24.4. The van der Waals surface area contributed by atoms with E-state index in [9.17, 15) is 10.2 Å². The first-order chi connectivity index (χ1) is 16.4. The van der Waals surface area contributed by atoms with Gasteiger partial charge in [0.1, 0.15) is 22.9 Å². The zero-order valence-electron chi connectivity index (χ0n) is 19.4. The molecule has 0 saturated carbocycles. The van der Waals surface area contributed by atoms with Crippen molar-refractivity contribution in [1.82, 2.24) is 24.6 Å². The predicted molar refractivity (Wildman–Crippen MR) is 127 cm³/mol. The monoisotopic (exact) mass is 465 g/mol. The first-order valence-corrected chi connectivity index (χ1v) is 10.6. The molecule has 0 radical (unpaired) electrons. The van der Waals surface area contributed by atoms with Gasteiger partial charge in [-0.25, -0.2) is 15.0 Å². The van der Waals surface area contributed by atoms with Gasteiger partial charge in [0.25, 0.3) is 0 Å². The summed E-state index contributed by atoms with van der Waals surface area (Å²) >= 11 is 0. The Labute approximate surface area is 196 Å². The molecule has 3 heterocycles. The molecule has 178 valence electrons. The van der Waals surface area contributed by atoms with Crippen molar-refractivity contribution in [3.05, 3.63) is 53.7 Å². The zero-order valence-corrected chi connectivity index (χ0v) is 19.4. The summed E-state index contributed by atoms with van der Waals surface area (Å²) in [6.45, 7) is 2.26. The van der Waals surface area contributed by atoms with Gasteiger partial charge in [-0.1, -0.05) is 0 Å². The predicted octanol–water partition coefficient (Wildman–Crippen LogP) is 1.29. The summed E-state index contributed by atoms with van der Waals surface area (Å²) in [5.41, 5.74) is 10.2. The van der Waals surface area contributed by atoms with Crippen LogP contribution >= 0.6 is 0 Å². The van der Waals surface area contributed by atoms with E-state index in [0.717, 1.165) is 11.3 Å². The maximum absolute atomic E-state index is 10.8. The van der Waals surface area contributed by atoms with Crippen LogP contribution in [0.2, 0.25) is 0 Å². The molecule has 4 N–H and O–H groups in total. The van der Waals surface area contributed by atoms with Crippen LogP contribution in [0.3, 0.4) is 0 Å². The van der Waals surface area contributed by atoms with Gasteiger partial charge in [0.15, 0.2) is 12.0 Å². The lowest BCUT2D eigenvalue weighted by Gasteiger charge is -2.28. The largest absolute Gasteiger partial charge is 0.497 e. The molecule has 3 aromatic rings. The summed E-state index contributed by atoms with van der Waals surface area (Å²) in [5.74, 6) is 1.34. The molecule has 0 saturated heterocycles. The number of aliphatic hydroxyl groups is 2. The van der Waals surface area contributed by atoms with Gasteiger partial charge in [-0.15, -0.1) is 0 Å². The number of rotatable bonds is 7. The van der Waals surface area contributed by atoms with Crippen molar-refractivity contribution in [2.45, 2.75) is 19.7 Å². The number of likely N-dealkylation sites (N-methyl/N-ethyl adjacent to an activating group) is 1. The highest BCUT2D eigenvalue weighted by atomic mass is 16.5. The van der Waals surface area contributed by atoms with E-state index >= 15 is 0 Å². The van der Waals surface area contributed by atoms with Crippen molar-refractivity contribution in [1.29, 1.82) is 0 Å². The number of hydrogen-bond acceptors (Lipinski definition) is 10. The van der Waals surface area contributed by atoms with Crippen molar-refractivity contribution in [3.63, 3.8) is 0 Å². The molecule has 0 fully saturated rings. The van der Waals surface area contributed by atoms with Crippen molar-refractivity contribution in [2.75, 3.05) is 33.6 Å². The van der Waals surface area contributed by atoms with Crippen LogP contribution in [0.15, 0.2) is 41.8 Å². The number of hydrogen-bond donors (Lipinski definition) is 3. The molecule has 1 unspecified atom stereocenters. The van der Waals surface area contributed by atoms with Gasteiger partial charge < -0.3 is 30.3 Å². The molecule has 2 aromatic heterocycles. The topological polar surface area (TPSA) is 144 Å². The minimum Gasteiger partial charge on any atom is -0.497 e. The van der Waals surface area contributed by atoms with Gasteiger partial charge in [0, 0.05) is 36.1 Å². The number of aliphatic hydroxyl groups excluding tert-OH is 2. The average molecular weight is 466 g/mol. The molecular formula is C23H27N7O4. The van der Waals surface area contributed by atoms with E-state index in [2.05, 4.69) is 10.1 Å². The summed E-state index contributed by atoms with van der Waals surface area (Å²) in [5, 5.41) is 24.4. The van der Waals surface area contributed by atoms with E-state index in [0.29, 0.717) is 46.4 Å². The van der Waals surface area contributed by atoms with Crippen LogP contribution < -0.4 is 15.2 Å². The number of aromatic nitrogens is 4. The quantitative estimate of drug-likeness (QED) is 0.470. The van der Waals surface area contributed by atoms with Gasteiger partial charge in [-0.05, 0) is 19.1 Å². The van der Waals surface area contributed by atoms with E-state index in [1.54, 1.807) is 67.6 Å². The average Bonchev–Trinajstić information content (AvgIpc) is 3.21. The molecule has 1 aliphatic heterocycles. The van der Waals surface area contributed by atoms with E-state index in [1.807, 2.05) is 6.92 Å². The summed E-state index contributed by atoms with van der Waals surface area (Å²) in [6.07, 6.45) is 3.91. The Bertz CT molecular complexity index is 1250. The minimum absolute atomic E-state index is 0.0191. The molecule has 0 amide bonds. The van der Waals surface area contributed by atoms with Crippen molar-refractivity contribution in [3.8, 4) is 22.8 Å². The van der Waals surface area contributed by atoms with Crippen LogP contribution in [0.4, 0.5) is 5.82 Å². The molecule has 34 heavy (non-hydrogen) atoms. The minimum atomic E-state index is -1.00. The van der Waals surface area contributed by atoms with Gasteiger partial charge in [-0.3, -0.25) is 4.68 Å². The normalized spacial score (nSPS) is 15.7. The number of nitrogen functional groups attached to an aromatic ring is 1. The van der Waals surface area contributed by atoms with Gasteiger partial charge in [0.2, 0.25) is 0 Å². The van der Waals surface area contributed by atoms with Crippen LogP contribution in [0.5, 0.6) is 11.5 Å². The van der Waals surface area contributed by atoms with E-state index < -0.39 is 6.23 Å². The Kier molecular flexibility index (Phi) is 6.48. The SMILES string of the molecule is COc1cc(OC)cc(C2=NC(c3nc(-c4cnn(CCO)c4C)cnc3N)=CN(C)C2O)c1. The van der Waals surface area contributed by atoms with Crippen LogP contribution in [-0.4, -0.2) is 74.7 Å². The van der Waals surface area contributed by atoms with Gasteiger partial charge in [-0.2, -0.15) is 5.10 Å². The third kappa shape index (κ3) is 4.30. The van der Waals surface area contributed by atoms with E-state index in [4.69, 9.17) is 25.2 Å². The summed E-state index contributed by atoms with van der Waals surface area (Å²) in [4.78, 5) is 15.3. The first kappa shape index (κ1) is 23.2. The maximum Gasteiger partial charge on any atom is 0.170 e. The lowest BCUT2D eigenvalue weighted by atomic mass is 10.1. The van der Waals surface area contributed by atoms with Crippen LogP contribution in [0.1, 0.15) is 17.0 Å². The van der Waals surface area contributed by atoms with E-state index in [1.165, 1.54) is 0 Å². The standard InChI is InChI=1S/C23H27N7O4/c1-13-17(10-26-30(13)5-6-31)18-11-25-22(24)21(27-18)19-12-29(2)23(32)20(28-19)14-7-15(33-3)9-16(8-14)34-4/h7-12,23,31-32H,5-6H2,1-4H3,(H2,24,25). The number of nitrogens with two attached hydrogens (primary N) is 1. The fraction of sp³-hybridized carbons (Fsp3) is 0.304. The number of aliphatic imine (C=N–C) groups is 1. The number of nitrogens with zero attached hydrogens (tertiary/aromatic N) is 6. The van der Waals surface area contributed by atoms with Crippen molar-refractivity contribution < 1.29 is 19.7 Å². The molecule has 11 heteroatoms. The molecular weight excluding hydrogens is 438 g/mol. The Morgan fingerprint density at radius 1 is 1.12 bits per heavy atom.